The lowest BCUT2D eigenvalue weighted by molar-refractivity contribution is -0.179. The second-order valence-corrected chi connectivity index (χ2v) is 5.03. The number of halogens is 2. The minimum atomic E-state index is -3.18. The van der Waals surface area contributed by atoms with Crippen molar-refractivity contribution in [3.8, 4) is 0 Å². The van der Waals surface area contributed by atoms with Gasteiger partial charge in [0.05, 0.1) is 12.3 Å². The van der Waals surface area contributed by atoms with Crippen LogP contribution in [0.1, 0.15) is 5.69 Å². The van der Waals surface area contributed by atoms with Crippen LogP contribution in [0, 0.1) is 0 Å². The molecule has 0 spiro atoms. The summed E-state index contributed by atoms with van der Waals surface area (Å²) < 4.78 is 33.7. The van der Waals surface area contributed by atoms with Gasteiger partial charge in [0.25, 0.3) is 6.43 Å². The van der Waals surface area contributed by atoms with Crippen LogP contribution in [0.15, 0.2) is 18.5 Å². The Hall–Kier alpha value is -1.88. The molecule has 2 aromatic rings. The molecule has 0 aromatic carbocycles. The molecule has 0 radical (unpaired) electrons. The molecule has 1 fully saturated rings. The van der Waals surface area contributed by atoms with Crippen LogP contribution < -0.4 is 5.73 Å². The van der Waals surface area contributed by atoms with E-state index < -0.39 is 36.9 Å². The molecule has 3 rings (SSSR count). The maximum atomic E-state index is 13.8. The lowest BCUT2D eigenvalue weighted by atomic mass is 9.91. The number of nitrogen functional groups attached to an aromatic ring is 1. The van der Waals surface area contributed by atoms with Gasteiger partial charge in [-0.3, -0.25) is 0 Å². The molecule has 1 aliphatic heterocycles. The van der Waals surface area contributed by atoms with Crippen molar-refractivity contribution in [2.45, 2.75) is 30.3 Å². The SMILES string of the molecule is Nc1ncnn2c([C@]3(C(F)F)OC(CO)[C@H](O)C3O)ccc12. The summed E-state index contributed by atoms with van der Waals surface area (Å²) in [5.74, 6) is 0.0670. The molecule has 0 aliphatic carbocycles. The number of nitrogens with two attached hydrogens (primary N) is 1. The van der Waals surface area contributed by atoms with Crippen molar-refractivity contribution in [3.05, 3.63) is 24.2 Å². The van der Waals surface area contributed by atoms with E-state index in [0.29, 0.717) is 0 Å². The van der Waals surface area contributed by atoms with Crippen LogP contribution >= 0.6 is 0 Å². The summed E-state index contributed by atoms with van der Waals surface area (Å²) >= 11 is 0. The zero-order chi connectivity index (χ0) is 16.1. The zero-order valence-corrected chi connectivity index (χ0v) is 11.2. The number of aliphatic hydroxyl groups is 3. The second-order valence-electron chi connectivity index (χ2n) is 5.03. The average Bonchev–Trinajstić information content (AvgIpc) is 3.02. The maximum absolute atomic E-state index is 13.8. The summed E-state index contributed by atoms with van der Waals surface area (Å²) in [6.07, 6.45) is -7.05. The van der Waals surface area contributed by atoms with E-state index in [2.05, 4.69) is 10.1 Å². The maximum Gasteiger partial charge on any atom is 0.275 e. The Morgan fingerprint density at radius 1 is 1.41 bits per heavy atom. The molecular formula is C12H14F2N4O4. The zero-order valence-electron chi connectivity index (χ0n) is 11.2. The number of aromatic nitrogens is 3. The monoisotopic (exact) mass is 316 g/mol. The van der Waals surface area contributed by atoms with E-state index in [1.807, 2.05) is 0 Å². The van der Waals surface area contributed by atoms with Crippen LogP contribution in [0.5, 0.6) is 0 Å². The molecule has 2 unspecified atom stereocenters. The number of fused-ring (bicyclic) bond motifs is 1. The van der Waals surface area contributed by atoms with Gasteiger partial charge in [-0.2, -0.15) is 5.10 Å². The van der Waals surface area contributed by atoms with Gasteiger partial charge in [0.15, 0.2) is 11.4 Å². The van der Waals surface area contributed by atoms with Crippen LogP contribution in [0.4, 0.5) is 14.6 Å². The lowest BCUT2D eigenvalue weighted by Gasteiger charge is -2.30. The Labute approximate surface area is 122 Å². The normalized spacial score (nSPS) is 32.2. The lowest BCUT2D eigenvalue weighted by Crippen LogP contribution is -2.47. The highest BCUT2D eigenvalue weighted by molar-refractivity contribution is 5.65. The van der Waals surface area contributed by atoms with Gasteiger partial charge in [0.1, 0.15) is 30.2 Å². The molecule has 4 atom stereocenters. The third kappa shape index (κ3) is 1.81. The fourth-order valence-corrected chi connectivity index (χ4v) is 2.75. The fourth-order valence-electron chi connectivity index (χ4n) is 2.75. The molecule has 1 aliphatic rings. The number of nitrogens with zero attached hydrogens (tertiary/aromatic N) is 3. The molecule has 0 bridgehead atoms. The standard InChI is InChI=1S/C12H14F2N4O4/c13-11(14)12(9(21)8(20)6(3-19)22-12)7-2-1-5-10(15)16-4-17-18(5)7/h1-2,4,6,8-9,11,19-21H,3H2,(H2,15,16,17)/t6?,8-,9?,12-/m0/s1. The van der Waals surface area contributed by atoms with Crippen LogP contribution in [-0.4, -0.2) is 61.3 Å². The molecule has 120 valence electrons. The molecule has 1 saturated heterocycles. The van der Waals surface area contributed by atoms with Crippen molar-refractivity contribution in [1.29, 1.82) is 0 Å². The second kappa shape index (κ2) is 5.09. The smallest absolute Gasteiger partial charge is 0.275 e. The summed E-state index contributed by atoms with van der Waals surface area (Å²) in [4.78, 5) is 3.75. The molecular weight excluding hydrogens is 302 g/mol. The van der Waals surface area contributed by atoms with Crippen molar-refractivity contribution in [3.63, 3.8) is 0 Å². The van der Waals surface area contributed by atoms with Gasteiger partial charge in [-0.15, -0.1) is 0 Å². The van der Waals surface area contributed by atoms with Crippen LogP contribution in [-0.2, 0) is 10.3 Å². The highest BCUT2D eigenvalue weighted by atomic mass is 19.3. The molecule has 8 nitrogen and oxygen atoms in total. The Kier molecular flexibility index (Phi) is 3.48. The molecule has 2 aromatic heterocycles. The Morgan fingerprint density at radius 2 is 2.14 bits per heavy atom. The minimum Gasteiger partial charge on any atom is -0.394 e. The highest BCUT2D eigenvalue weighted by Gasteiger charge is 2.62. The minimum absolute atomic E-state index is 0.0670. The summed E-state index contributed by atoms with van der Waals surface area (Å²) in [6, 6.07) is 2.67. The van der Waals surface area contributed by atoms with E-state index in [-0.39, 0.29) is 17.0 Å². The van der Waals surface area contributed by atoms with Gasteiger partial charge >= 0.3 is 0 Å². The van der Waals surface area contributed by atoms with Crippen LogP contribution in [0.25, 0.3) is 5.52 Å². The first-order valence-electron chi connectivity index (χ1n) is 6.45. The Morgan fingerprint density at radius 3 is 2.73 bits per heavy atom. The number of hydrogen-bond acceptors (Lipinski definition) is 7. The number of hydrogen-bond donors (Lipinski definition) is 4. The van der Waals surface area contributed by atoms with Crippen molar-refractivity contribution >= 4 is 11.3 Å². The predicted octanol–water partition coefficient (Wildman–Crippen LogP) is -1.12. The van der Waals surface area contributed by atoms with E-state index in [4.69, 9.17) is 15.6 Å². The van der Waals surface area contributed by atoms with Crippen molar-refractivity contribution in [1.82, 2.24) is 14.6 Å². The summed E-state index contributed by atoms with van der Waals surface area (Å²) in [7, 11) is 0. The van der Waals surface area contributed by atoms with Gasteiger partial charge < -0.3 is 25.8 Å². The number of anilines is 1. The van der Waals surface area contributed by atoms with Gasteiger partial charge in [0.2, 0.25) is 0 Å². The summed E-state index contributed by atoms with van der Waals surface area (Å²) in [6.45, 7) is -0.715. The fraction of sp³-hybridized carbons (Fsp3) is 0.500. The van der Waals surface area contributed by atoms with E-state index in [0.717, 1.165) is 10.8 Å². The van der Waals surface area contributed by atoms with Crippen molar-refractivity contribution in [2.24, 2.45) is 0 Å². The average molecular weight is 316 g/mol. The molecule has 0 amide bonds. The van der Waals surface area contributed by atoms with E-state index in [9.17, 15) is 19.0 Å². The van der Waals surface area contributed by atoms with Crippen LogP contribution in [0.3, 0.4) is 0 Å². The van der Waals surface area contributed by atoms with Crippen molar-refractivity contribution < 1.29 is 28.8 Å². The third-order valence-electron chi connectivity index (χ3n) is 3.88. The quantitative estimate of drug-likeness (QED) is 0.565. The third-order valence-corrected chi connectivity index (χ3v) is 3.88. The number of aliphatic hydroxyl groups excluding tert-OH is 3. The number of rotatable bonds is 3. The van der Waals surface area contributed by atoms with Gasteiger partial charge in [0, 0.05) is 0 Å². The topological polar surface area (TPSA) is 126 Å². The van der Waals surface area contributed by atoms with E-state index in [1.54, 1.807) is 0 Å². The first kappa shape index (κ1) is 15.0. The van der Waals surface area contributed by atoms with E-state index in [1.165, 1.54) is 12.1 Å². The molecule has 0 saturated carbocycles. The van der Waals surface area contributed by atoms with Gasteiger partial charge in [-0.05, 0) is 12.1 Å². The molecule has 10 heteroatoms. The highest BCUT2D eigenvalue weighted by Crippen LogP contribution is 2.44. The van der Waals surface area contributed by atoms with Crippen molar-refractivity contribution in [2.75, 3.05) is 12.3 Å². The van der Waals surface area contributed by atoms with Gasteiger partial charge in [-0.25, -0.2) is 18.3 Å². The number of alkyl halides is 2. The molecule has 3 heterocycles. The summed E-state index contributed by atoms with van der Waals surface area (Å²) in [5, 5.41) is 32.9. The predicted molar refractivity (Wildman–Crippen MR) is 69.1 cm³/mol. The Balaban J connectivity index is 2.22. The van der Waals surface area contributed by atoms with Crippen LogP contribution in [0.2, 0.25) is 0 Å². The first-order valence-corrected chi connectivity index (χ1v) is 6.45. The van der Waals surface area contributed by atoms with Gasteiger partial charge in [-0.1, -0.05) is 0 Å². The van der Waals surface area contributed by atoms with E-state index >= 15 is 0 Å². The molecule has 5 N–H and O–H groups in total. The molecule has 22 heavy (non-hydrogen) atoms. The first-order chi connectivity index (χ1) is 10.4. The largest absolute Gasteiger partial charge is 0.394 e. The number of ether oxygens (including phenoxy) is 1. The Bertz CT molecular complexity index is 697. The summed E-state index contributed by atoms with van der Waals surface area (Å²) in [5.41, 5.74) is 3.20.